The Balaban J connectivity index is 2.07. The van der Waals surface area contributed by atoms with Crippen LogP contribution in [-0.4, -0.2) is 35.9 Å². The van der Waals surface area contributed by atoms with Gasteiger partial charge in [0.05, 0.1) is 23.4 Å². The zero-order valence-corrected chi connectivity index (χ0v) is 13.8. The van der Waals surface area contributed by atoms with Crippen molar-refractivity contribution in [3.8, 4) is 0 Å². The van der Waals surface area contributed by atoms with E-state index in [0.29, 0.717) is 13.2 Å². The number of ether oxygens (including phenoxy) is 1. The van der Waals surface area contributed by atoms with Crippen molar-refractivity contribution in [3.05, 3.63) is 27.3 Å². The first-order valence-electron chi connectivity index (χ1n) is 6.59. The van der Waals surface area contributed by atoms with Gasteiger partial charge in [0.15, 0.2) is 0 Å². The van der Waals surface area contributed by atoms with Crippen LogP contribution in [-0.2, 0) is 4.74 Å². The van der Waals surface area contributed by atoms with E-state index in [1.54, 1.807) is 12.1 Å². The molecule has 0 spiro atoms. The van der Waals surface area contributed by atoms with Crippen LogP contribution in [0.2, 0.25) is 0 Å². The predicted octanol–water partition coefficient (Wildman–Crippen LogP) is 2.68. The van der Waals surface area contributed by atoms with Crippen molar-refractivity contribution in [3.63, 3.8) is 0 Å². The number of hydrogen-bond acceptors (Lipinski definition) is 3. The van der Waals surface area contributed by atoms with E-state index in [-0.39, 0.29) is 11.3 Å². The van der Waals surface area contributed by atoms with Crippen LogP contribution >= 0.6 is 22.6 Å². The van der Waals surface area contributed by atoms with E-state index in [0.717, 1.165) is 16.4 Å². The molecule has 0 saturated carbocycles. The standard InChI is InChI=1S/C14H17IN2O4/c1-14(5-2-6-21-8-14)17-13(20)16-11-4-3-9(15)7-10(11)12(18)19/h3-4,7H,2,5-6,8H2,1H3,(H,18,19)(H2,16,17,20). The molecule has 0 bridgehead atoms. The number of rotatable bonds is 3. The third-order valence-corrected chi connectivity index (χ3v) is 3.98. The fourth-order valence-electron chi connectivity index (χ4n) is 2.26. The first kappa shape index (κ1) is 16.0. The predicted molar refractivity (Wildman–Crippen MR) is 86.7 cm³/mol. The van der Waals surface area contributed by atoms with E-state index < -0.39 is 17.5 Å². The van der Waals surface area contributed by atoms with Gasteiger partial charge in [0.2, 0.25) is 0 Å². The van der Waals surface area contributed by atoms with Crippen LogP contribution in [0.25, 0.3) is 0 Å². The van der Waals surface area contributed by atoms with Crippen LogP contribution in [0.15, 0.2) is 18.2 Å². The van der Waals surface area contributed by atoms with E-state index in [1.807, 2.05) is 29.5 Å². The number of carbonyl (C=O) groups is 2. The van der Waals surface area contributed by atoms with Gasteiger partial charge in [-0.25, -0.2) is 9.59 Å². The highest BCUT2D eigenvalue weighted by molar-refractivity contribution is 14.1. The van der Waals surface area contributed by atoms with Gasteiger partial charge < -0.3 is 20.5 Å². The summed E-state index contributed by atoms with van der Waals surface area (Å²) in [6.45, 7) is 3.08. The van der Waals surface area contributed by atoms with Gasteiger partial charge in [0.25, 0.3) is 0 Å². The largest absolute Gasteiger partial charge is 0.478 e. The van der Waals surface area contributed by atoms with Crippen LogP contribution in [0.1, 0.15) is 30.1 Å². The van der Waals surface area contributed by atoms with E-state index in [1.165, 1.54) is 6.07 Å². The molecule has 2 rings (SSSR count). The quantitative estimate of drug-likeness (QED) is 0.677. The van der Waals surface area contributed by atoms with Crippen molar-refractivity contribution in [1.82, 2.24) is 5.32 Å². The lowest BCUT2D eigenvalue weighted by atomic mass is 9.95. The van der Waals surface area contributed by atoms with Gasteiger partial charge in [-0.2, -0.15) is 0 Å². The molecule has 7 heteroatoms. The average Bonchev–Trinajstić information content (AvgIpc) is 2.40. The maximum atomic E-state index is 12.1. The van der Waals surface area contributed by atoms with E-state index in [2.05, 4.69) is 10.6 Å². The van der Waals surface area contributed by atoms with Gasteiger partial charge in [-0.3, -0.25) is 0 Å². The molecule has 1 fully saturated rings. The maximum absolute atomic E-state index is 12.1. The molecule has 1 saturated heterocycles. The number of halogens is 1. The molecule has 1 aliphatic rings. The van der Waals surface area contributed by atoms with Crippen molar-refractivity contribution in [2.45, 2.75) is 25.3 Å². The normalized spacial score (nSPS) is 21.6. The number of nitrogens with one attached hydrogen (secondary N) is 2. The molecule has 114 valence electrons. The Morgan fingerprint density at radius 2 is 2.19 bits per heavy atom. The Kier molecular flexibility index (Phi) is 5.04. The molecule has 21 heavy (non-hydrogen) atoms. The lowest BCUT2D eigenvalue weighted by Crippen LogP contribution is -2.52. The van der Waals surface area contributed by atoms with Gasteiger partial charge >= 0.3 is 12.0 Å². The molecule has 2 amide bonds. The zero-order valence-electron chi connectivity index (χ0n) is 11.6. The second-order valence-electron chi connectivity index (χ2n) is 5.29. The summed E-state index contributed by atoms with van der Waals surface area (Å²) < 4.78 is 6.17. The third-order valence-electron chi connectivity index (χ3n) is 3.31. The maximum Gasteiger partial charge on any atom is 0.337 e. The lowest BCUT2D eigenvalue weighted by Gasteiger charge is -2.34. The summed E-state index contributed by atoms with van der Waals surface area (Å²) in [6.07, 6.45) is 1.72. The molecule has 0 radical (unpaired) electrons. The van der Waals surface area contributed by atoms with Crippen molar-refractivity contribution in [2.24, 2.45) is 0 Å². The number of anilines is 1. The molecule has 1 aliphatic heterocycles. The highest BCUT2D eigenvalue weighted by Crippen LogP contribution is 2.21. The molecule has 0 aliphatic carbocycles. The van der Waals surface area contributed by atoms with Gasteiger partial charge in [-0.05, 0) is 60.6 Å². The van der Waals surface area contributed by atoms with Crippen LogP contribution in [0.3, 0.4) is 0 Å². The van der Waals surface area contributed by atoms with E-state index in [9.17, 15) is 14.7 Å². The molecule has 1 heterocycles. The Hall–Kier alpha value is -1.35. The van der Waals surface area contributed by atoms with Crippen molar-refractivity contribution in [2.75, 3.05) is 18.5 Å². The smallest absolute Gasteiger partial charge is 0.337 e. The van der Waals surface area contributed by atoms with Crippen molar-refractivity contribution >= 4 is 40.3 Å². The Morgan fingerprint density at radius 3 is 2.81 bits per heavy atom. The first-order valence-corrected chi connectivity index (χ1v) is 7.67. The molecule has 6 nitrogen and oxygen atoms in total. The number of urea groups is 1. The minimum Gasteiger partial charge on any atom is -0.478 e. The Labute approximate surface area is 136 Å². The number of amides is 2. The zero-order chi connectivity index (χ0) is 15.5. The summed E-state index contributed by atoms with van der Waals surface area (Å²) in [4.78, 5) is 23.3. The number of aromatic carboxylic acids is 1. The molecule has 3 N–H and O–H groups in total. The van der Waals surface area contributed by atoms with Crippen molar-refractivity contribution in [1.29, 1.82) is 0 Å². The first-order chi connectivity index (χ1) is 9.89. The third kappa shape index (κ3) is 4.31. The molecule has 1 unspecified atom stereocenters. The molecular formula is C14H17IN2O4. The monoisotopic (exact) mass is 404 g/mol. The molecular weight excluding hydrogens is 387 g/mol. The average molecular weight is 404 g/mol. The summed E-state index contributed by atoms with van der Waals surface area (Å²) in [5.41, 5.74) is -0.0718. The summed E-state index contributed by atoms with van der Waals surface area (Å²) in [7, 11) is 0. The fourth-order valence-corrected chi connectivity index (χ4v) is 2.75. The number of hydrogen-bond donors (Lipinski definition) is 3. The number of carboxylic acids is 1. The van der Waals surface area contributed by atoms with E-state index >= 15 is 0 Å². The summed E-state index contributed by atoms with van der Waals surface area (Å²) in [6, 6.07) is 4.43. The molecule has 1 atom stereocenters. The minimum atomic E-state index is -1.07. The minimum absolute atomic E-state index is 0.0714. The number of carbonyl (C=O) groups excluding carboxylic acids is 1. The van der Waals surface area contributed by atoms with Gasteiger partial charge in [-0.15, -0.1) is 0 Å². The van der Waals surface area contributed by atoms with Crippen molar-refractivity contribution < 1.29 is 19.4 Å². The lowest BCUT2D eigenvalue weighted by molar-refractivity contribution is 0.0342. The van der Waals surface area contributed by atoms with Gasteiger partial charge in [0.1, 0.15) is 0 Å². The summed E-state index contributed by atoms with van der Waals surface area (Å²) in [5.74, 6) is -1.07. The SMILES string of the molecule is CC1(NC(=O)Nc2ccc(I)cc2C(=O)O)CCCOC1. The molecule has 1 aromatic rings. The topological polar surface area (TPSA) is 87.7 Å². The summed E-state index contributed by atoms with van der Waals surface area (Å²) >= 11 is 2.03. The second kappa shape index (κ2) is 6.61. The van der Waals surface area contributed by atoms with E-state index in [4.69, 9.17) is 4.74 Å². The fraction of sp³-hybridized carbons (Fsp3) is 0.429. The summed E-state index contributed by atoms with van der Waals surface area (Å²) in [5, 5.41) is 14.6. The highest BCUT2D eigenvalue weighted by Gasteiger charge is 2.29. The molecule has 0 aromatic heterocycles. The number of carboxylic acid groups (broad SMARTS) is 1. The number of benzene rings is 1. The van der Waals surface area contributed by atoms with Gasteiger partial charge in [0, 0.05) is 10.2 Å². The van der Waals surface area contributed by atoms with Crippen LogP contribution in [0.5, 0.6) is 0 Å². The Morgan fingerprint density at radius 1 is 1.43 bits per heavy atom. The van der Waals surface area contributed by atoms with Crippen LogP contribution in [0.4, 0.5) is 10.5 Å². The van der Waals surface area contributed by atoms with Gasteiger partial charge in [-0.1, -0.05) is 0 Å². The van der Waals surface area contributed by atoms with Crippen LogP contribution in [0, 0.1) is 3.57 Å². The second-order valence-corrected chi connectivity index (χ2v) is 6.54. The Bertz CT molecular complexity index is 556. The highest BCUT2D eigenvalue weighted by atomic mass is 127. The molecule has 1 aromatic carbocycles. The van der Waals surface area contributed by atoms with Crippen LogP contribution < -0.4 is 10.6 Å².